The van der Waals surface area contributed by atoms with E-state index >= 15 is 0 Å². The van der Waals surface area contributed by atoms with Gasteiger partial charge in [-0.15, -0.1) is 0 Å². The van der Waals surface area contributed by atoms with Crippen LogP contribution in [0.25, 0.3) is 0 Å². The molecular weight excluding hydrogens is 343 g/mol. The minimum Gasteiger partial charge on any atom is -0.465 e. The number of hydrogen-bond acceptors (Lipinski definition) is 6. The fourth-order valence-electron chi connectivity index (χ4n) is 2.12. The molecule has 0 saturated heterocycles. The molecule has 0 radical (unpaired) electrons. The van der Waals surface area contributed by atoms with Crippen molar-refractivity contribution in [3.8, 4) is 0 Å². The summed E-state index contributed by atoms with van der Waals surface area (Å²) in [6.07, 6.45) is 0. The van der Waals surface area contributed by atoms with E-state index in [9.17, 15) is 18.8 Å². The third kappa shape index (κ3) is 4.56. The summed E-state index contributed by atoms with van der Waals surface area (Å²) < 4.78 is 22.5. The topological polar surface area (TPSA) is 108 Å². The van der Waals surface area contributed by atoms with E-state index in [0.29, 0.717) is 11.3 Å². The van der Waals surface area contributed by atoms with Crippen LogP contribution in [0, 0.1) is 12.7 Å². The quantitative estimate of drug-likeness (QED) is 0.626. The number of benzene rings is 2. The molecule has 0 aliphatic carbocycles. The standard InChI is InChI=1S/C18H17FN2O5/c1-10-3-4-11(17(23)25-2)7-15(10)21-16(22)9-26-18(24)13-6-5-12(19)8-14(13)20/h3-8H,9,20H2,1-2H3,(H,21,22). The Hall–Kier alpha value is -3.42. The Morgan fingerprint density at radius 3 is 2.50 bits per heavy atom. The normalized spacial score (nSPS) is 10.1. The zero-order valence-corrected chi connectivity index (χ0v) is 14.2. The number of halogens is 1. The molecule has 0 aromatic heterocycles. The summed E-state index contributed by atoms with van der Waals surface area (Å²) in [5, 5.41) is 2.54. The molecule has 0 atom stereocenters. The third-order valence-electron chi connectivity index (χ3n) is 3.50. The van der Waals surface area contributed by atoms with Crippen molar-refractivity contribution in [1.82, 2.24) is 0 Å². The highest BCUT2D eigenvalue weighted by atomic mass is 19.1. The maximum Gasteiger partial charge on any atom is 0.340 e. The number of amides is 1. The van der Waals surface area contributed by atoms with Crippen LogP contribution >= 0.6 is 0 Å². The predicted molar refractivity (Wildman–Crippen MR) is 92.2 cm³/mol. The van der Waals surface area contributed by atoms with E-state index in [0.717, 1.165) is 12.1 Å². The van der Waals surface area contributed by atoms with E-state index in [4.69, 9.17) is 10.5 Å². The van der Waals surface area contributed by atoms with E-state index in [2.05, 4.69) is 10.1 Å². The van der Waals surface area contributed by atoms with Crippen molar-refractivity contribution in [2.45, 2.75) is 6.92 Å². The Kier molecular flexibility index (Phi) is 5.90. The Morgan fingerprint density at radius 2 is 1.85 bits per heavy atom. The Labute approximate surface area is 148 Å². The lowest BCUT2D eigenvalue weighted by atomic mass is 10.1. The minimum atomic E-state index is -0.849. The molecule has 0 spiro atoms. The Balaban J connectivity index is 2.00. The molecule has 1 amide bonds. The largest absolute Gasteiger partial charge is 0.465 e. The van der Waals surface area contributed by atoms with Gasteiger partial charge in [-0.3, -0.25) is 4.79 Å². The zero-order chi connectivity index (χ0) is 19.3. The molecule has 0 aliphatic heterocycles. The Morgan fingerprint density at radius 1 is 1.12 bits per heavy atom. The van der Waals surface area contributed by atoms with Gasteiger partial charge in [0.25, 0.3) is 5.91 Å². The van der Waals surface area contributed by atoms with Gasteiger partial charge >= 0.3 is 11.9 Å². The average molecular weight is 360 g/mol. The maximum absolute atomic E-state index is 13.0. The van der Waals surface area contributed by atoms with Crippen molar-refractivity contribution >= 4 is 29.2 Å². The number of anilines is 2. The number of methoxy groups -OCH3 is 1. The van der Waals surface area contributed by atoms with Gasteiger partial charge in [0.15, 0.2) is 6.61 Å². The summed E-state index contributed by atoms with van der Waals surface area (Å²) in [4.78, 5) is 35.5. The van der Waals surface area contributed by atoms with Crippen molar-refractivity contribution in [3.05, 3.63) is 58.9 Å². The van der Waals surface area contributed by atoms with Crippen LogP contribution in [0.4, 0.5) is 15.8 Å². The smallest absolute Gasteiger partial charge is 0.340 e. The highest BCUT2D eigenvalue weighted by molar-refractivity contribution is 5.99. The fourth-order valence-corrected chi connectivity index (χ4v) is 2.12. The van der Waals surface area contributed by atoms with Crippen molar-refractivity contribution in [2.75, 3.05) is 24.8 Å². The van der Waals surface area contributed by atoms with Gasteiger partial charge in [0.1, 0.15) is 5.82 Å². The van der Waals surface area contributed by atoms with Gasteiger partial charge in [0.2, 0.25) is 0 Å². The number of aryl methyl sites for hydroxylation is 1. The number of esters is 2. The van der Waals surface area contributed by atoms with Crippen LogP contribution < -0.4 is 11.1 Å². The summed E-state index contributed by atoms with van der Waals surface area (Å²) in [5.41, 5.74) is 6.78. The highest BCUT2D eigenvalue weighted by Crippen LogP contribution is 2.18. The van der Waals surface area contributed by atoms with Gasteiger partial charge in [-0.25, -0.2) is 14.0 Å². The van der Waals surface area contributed by atoms with Crippen LogP contribution in [0.3, 0.4) is 0 Å². The first-order valence-electron chi connectivity index (χ1n) is 7.52. The number of carbonyl (C=O) groups excluding carboxylic acids is 3. The molecule has 2 aromatic rings. The van der Waals surface area contributed by atoms with Crippen LogP contribution in [-0.4, -0.2) is 31.6 Å². The first-order chi connectivity index (χ1) is 12.3. The minimum absolute atomic E-state index is 0.0388. The first kappa shape index (κ1) is 18.9. The van der Waals surface area contributed by atoms with E-state index in [-0.39, 0.29) is 16.8 Å². The van der Waals surface area contributed by atoms with E-state index in [1.807, 2.05) is 0 Å². The van der Waals surface area contributed by atoms with Crippen molar-refractivity contribution < 1.29 is 28.2 Å². The van der Waals surface area contributed by atoms with Crippen LogP contribution in [0.5, 0.6) is 0 Å². The van der Waals surface area contributed by atoms with Crippen LogP contribution in [0.15, 0.2) is 36.4 Å². The molecule has 0 fully saturated rings. The number of nitrogen functional groups attached to an aromatic ring is 1. The molecule has 0 unspecified atom stereocenters. The van der Waals surface area contributed by atoms with Gasteiger partial charge in [-0.2, -0.15) is 0 Å². The molecule has 2 rings (SSSR count). The van der Waals surface area contributed by atoms with Gasteiger partial charge in [-0.1, -0.05) is 6.07 Å². The Bertz CT molecular complexity index is 867. The van der Waals surface area contributed by atoms with Crippen LogP contribution in [0.2, 0.25) is 0 Å². The lowest BCUT2D eigenvalue weighted by Gasteiger charge is -2.11. The molecule has 0 saturated carbocycles. The monoisotopic (exact) mass is 360 g/mol. The SMILES string of the molecule is COC(=O)c1ccc(C)c(NC(=O)COC(=O)c2ccc(F)cc2N)c1. The molecular formula is C18H17FN2O5. The molecule has 0 bridgehead atoms. The van der Waals surface area contributed by atoms with Crippen LogP contribution in [-0.2, 0) is 14.3 Å². The number of ether oxygens (including phenoxy) is 2. The third-order valence-corrected chi connectivity index (χ3v) is 3.50. The van der Waals surface area contributed by atoms with Crippen molar-refractivity contribution in [3.63, 3.8) is 0 Å². The predicted octanol–water partition coefficient (Wildman–Crippen LogP) is 2.30. The second kappa shape index (κ2) is 8.11. The molecule has 0 heterocycles. The lowest BCUT2D eigenvalue weighted by Crippen LogP contribution is -2.22. The molecule has 7 nitrogen and oxygen atoms in total. The lowest BCUT2D eigenvalue weighted by molar-refractivity contribution is -0.119. The average Bonchev–Trinajstić information content (AvgIpc) is 2.61. The van der Waals surface area contributed by atoms with Gasteiger partial charge in [0, 0.05) is 11.4 Å². The van der Waals surface area contributed by atoms with Gasteiger partial charge in [-0.05, 0) is 42.8 Å². The molecule has 2 aromatic carbocycles. The number of hydrogen-bond donors (Lipinski definition) is 2. The first-order valence-corrected chi connectivity index (χ1v) is 7.52. The number of rotatable bonds is 5. The van der Waals surface area contributed by atoms with Gasteiger partial charge in [0.05, 0.1) is 18.2 Å². The summed E-state index contributed by atoms with van der Waals surface area (Å²) in [7, 11) is 1.25. The number of nitrogens with two attached hydrogens (primary N) is 1. The molecule has 26 heavy (non-hydrogen) atoms. The fraction of sp³-hybridized carbons (Fsp3) is 0.167. The summed E-state index contributed by atoms with van der Waals surface area (Å²) in [6.45, 7) is 1.17. The summed E-state index contributed by atoms with van der Waals surface area (Å²) in [6, 6.07) is 7.89. The molecule has 0 aliphatic rings. The van der Waals surface area contributed by atoms with E-state index in [1.54, 1.807) is 19.1 Å². The number of nitrogens with one attached hydrogen (secondary N) is 1. The van der Waals surface area contributed by atoms with E-state index in [1.165, 1.54) is 19.2 Å². The van der Waals surface area contributed by atoms with Crippen LogP contribution in [0.1, 0.15) is 26.3 Å². The zero-order valence-electron chi connectivity index (χ0n) is 14.2. The maximum atomic E-state index is 13.0. The van der Waals surface area contributed by atoms with Gasteiger partial charge < -0.3 is 20.5 Å². The molecule has 8 heteroatoms. The molecule has 136 valence electrons. The highest BCUT2D eigenvalue weighted by Gasteiger charge is 2.15. The molecule has 3 N–H and O–H groups in total. The number of carbonyl (C=O) groups is 3. The van der Waals surface area contributed by atoms with E-state index < -0.39 is 30.3 Å². The summed E-state index contributed by atoms with van der Waals surface area (Å²) in [5.74, 6) is -2.58. The second-order valence-corrected chi connectivity index (χ2v) is 5.38. The van der Waals surface area contributed by atoms with Crippen molar-refractivity contribution in [1.29, 1.82) is 0 Å². The summed E-state index contributed by atoms with van der Waals surface area (Å²) >= 11 is 0. The second-order valence-electron chi connectivity index (χ2n) is 5.38. The van der Waals surface area contributed by atoms with Crippen molar-refractivity contribution in [2.24, 2.45) is 0 Å².